The van der Waals surface area contributed by atoms with Crippen LogP contribution >= 0.6 is 11.3 Å². The van der Waals surface area contributed by atoms with E-state index >= 15 is 0 Å². The number of aromatic nitrogens is 1. The number of aryl methyl sites for hydroxylation is 1. The Bertz CT molecular complexity index is 537. The molecule has 0 aliphatic heterocycles. The van der Waals surface area contributed by atoms with E-state index in [2.05, 4.69) is 4.98 Å². The predicted molar refractivity (Wildman–Crippen MR) is 69.8 cm³/mol. The number of nitrogen functional groups attached to an aromatic ring is 1. The van der Waals surface area contributed by atoms with Crippen LogP contribution in [0.3, 0.4) is 0 Å². The van der Waals surface area contributed by atoms with Gasteiger partial charge >= 0.3 is 0 Å². The van der Waals surface area contributed by atoms with Crippen molar-refractivity contribution >= 4 is 16.5 Å². The van der Waals surface area contributed by atoms with Crippen LogP contribution in [0, 0.1) is 6.92 Å². The molecule has 0 radical (unpaired) electrons. The number of rotatable bonds is 3. The van der Waals surface area contributed by atoms with Crippen molar-refractivity contribution in [2.24, 2.45) is 0 Å². The number of benzene rings is 1. The molecule has 0 aliphatic carbocycles. The van der Waals surface area contributed by atoms with E-state index in [0.717, 1.165) is 27.6 Å². The first-order valence-electron chi connectivity index (χ1n) is 5.11. The van der Waals surface area contributed by atoms with Crippen LogP contribution < -0.4 is 15.2 Å². The lowest BCUT2D eigenvalue weighted by Crippen LogP contribution is -1.92. The van der Waals surface area contributed by atoms with Crippen LogP contribution in [0.25, 0.3) is 11.3 Å². The molecule has 0 atom stereocenters. The first-order valence-corrected chi connectivity index (χ1v) is 5.92. The molecule has 1 heterocycles. The van der Waals surface area contributed by atoms with Crippen LogP contribution in [0.1, 0.15) is 4.88 Å². The van der Waals surface area contributed by atoms with Gasteiger partial charge in [-0.25, -0.2) is 4.98 Å². The molecule has 0 aliphatic rings. The number of nitrogens with two attached hydrogens (primary N) is 1. The van der Waals surface area contributed by atoms with Crippen LogP contribution in [-0.4, -0.2) is 19.2 Å². The molecule has 0 unspecified atom stereocenters. The average Bonchev–Trinajstić information content (AvgIpc) is 2.67. The molecule has 2 aromatic rings. The molecular weight excluding hydrogens is 236 g/mol. The van der Waals surface area contributed by atoms with E-state index in [-0.39, 0.29) is 0 Å². The van der Waals surface area contributed by atoms with Gasteiger partial charge in [0.15, 0.2) is 5.13 Å². The Hall–Kier alpha value is -1.75. The third-order valence-electron chi connectivity index (χ3n) is 2.47. The standard InChI is InChI=1S/C12H14N2O2S/c1-7-11(14-12(13)17-7)9-6-8(15-2)4-5-10(9)16-3/h4-6H,1-3H3,(H2,13,14). The number of methoxy groups -OCH3 is 2. The number of nitrogens with zero attached hydrogens (tertiary/aromatic N) is 1. The lowest BCUT2D eigenvalue weighted by molar-refractivity contribution is 0.404. The second kappa shape index (κ2) is 4.63. The minimum absolute atomic E-state index is 0.558. The minimum Gasteiger partial charge on any atom is -0.497 e. The summed E-state index contributed by atoms with van der Waals surface area (Å²) in [5, 5.41) is 0.558. The van der Waals surface area contributed by atoms with Gasteiger partial charge in [0, 0.05) is 10.4 Å². The van der Waals surface area contributed by atoms with Gasteiger partial charge in [-0.1, -0.05) is 0 Å². The van der Waals surface area contributed by atoms with Crippen LogP contribution in [0.2, 0.25) is 0 Å². The molecule has 0 fully saturated rings. The Kier molecular flexibility index (Phi) is 3.19. The zero-order chi connectivity index (χ0) is 12.4. The summed E-state index contributed by atoms with van der Waals surface area (Å²) >= 11 is 1.47. The summed E-state index contributed by atoms with van der Waals surface area (Å²) in [7, 11) is 3.27. The van der Waals surface area contributed by atoms with Crippen molar-refractivity contribution < 1.29 is 9.47 Å². The van der Waals surface area contributed by atoms with Gasteiger partial charge in [0.25, 0.3) is 0 Å². The van der Waals surface area contributed by atoms with Crippen molar-refractivity contribution in [1.29, 1.82) is 0 Å². The molecule has 0 saturated heterocycles. The van der Waals surface area contributed by atoms with Crippen molar-refractivity contribution in [1.82, 2.24) is 4.98 Å². The highest BCUT2D eigenvalue weighted by atomic mass is 32.1. The molecule has 90 valence electrons. The summed E-state index contributed by atoms with van der Waals surface area (Å²) in [6.07, 6.45) is 0. The quantitative estimate of drug-likeness (QED) is 0.910. The van der Waals surface area contributed by atoms with E-state index in [1.54, 1.807) is 14.2 Å². The van der Waals surface area contributed by atoms with E-state index in [9.17, 15) is 0 Å². The first kappa shape index (κ1) is 11.7. The highest BCUT2D eigenvalue weighted by Crippen LogP contribution is 2.37. The normalized spacial score (nSPS) is 10.3. The fourth-order valence-electron chi connectivity index (χ4n) is 1.67. The van der Waals surface area contributed by atoms with Crippen LogP contribution in [0.15, 0.2) is 18.2 Å². The van der Waals surface area contributed by atoms with E-state index in [1.165, 1.54) is 11.3 Å². The Morgan fingerprint density at radius 3 is 2.53 bits per heavy atom. The highest BCUT2D eigenvalue weighted by molar-refractivity contribution is 7.15. The zero-order valence-corrected chi connectivity index (χ0v) is 10.8. The van der Waals surface area contributed by atoms with Crippen LogP contribution in [-0.2, 0) is 0 Å². The molecule has 4 nitrogen and oxygen atoms in total. The minimum atomic E-state index is 0.558. The summed E-state index contributed by atoms with van der Waals surface area (Å²) in [5.74, 6) is 1.53. The third-order valence-corrected chi connectivity index (χ3v) is 3.27. The van der Waals surface area contributed by atoms with Crippen molar-refractivity contribution in [3.8, 4) is 22.8 Å². The first-order chi connectivity index (χ1) is 8.15. The maximum absolute atomic E-state index is 5.71. The molecule has 1 aromatic heterocycles. The summed E-state index contributed by atoms with van der Waals surface area (Å²) in [6, 6.07) is 5.62. The van der Waals surface area contributed by atoms with Gasteiger partial charge < -0.3 is 15.2 Å². The number of thiazole rings is 1. The predicted octanol–water partition coefficient (Wildman–Crippen LogP) is 2.72. The SMILES string of the molecule is COc1ccc(OC)c(-c2nc(N)sc2C)c1. The smallest absolute Gasteiger partial charge is 0.180 e. The fraction of sp³-hybridized carbons (Fsp3) is 0.250. The maximum Gasteiger partial charge on any atom is 0.180 e. The fourth-order valence-corrected chi connectivity index (χ4v) is 2.37. The molecule has 0 spiro atoms. The van der Waals surface area contributed by atoms with Crippen molar-refractivity contribution in [3.63, 3.8) is 0 Å². The van der Waals surface area contributed by atoms with Crippen LogP contribution in [0.5, 0.6) is 11.5 Å². The van der Waals surface area contributed by atoms with Gasteiger partial charge in [-0.05, 0) is 25.1 Å². The molecule has 2 N–H and O–H groups in total. The number of ether oxygens (including phenoxy) is 2. The molecule has 2 rings (SSSR count). The highest BCUT2D eigenvalue weighted by Gasteiger charge is 2.14. The molecule has 0 bridgehead atoms. The van der Waals surface area contributed by atoms with Gasteiger partial charge in [-0.2, -0.15) is 0 Å². The molecule has 5 heteroatoms. The monoisotopic (exact) mass is 250 g/mol. The molecule has 0 amide bonds. The van der Waals surface area contributed by atoms with Gasteiger partial charge in [0.1, 0.15) is 11.5 Å². The van der Waals surface area contributed by atoms with Crippen molar-refractivity contribution in [2.75, 3.05) is 20.0 Å². The lowest BCUT2D eigenvalue weighted by atomic mass is 10.1. The topological polar surface area (TPSA) is 57.4 Å². The largest absolute Gasteiger partial charge is 0.497 e. The number of hydrogen-bond donors (Lipinski definition) is 1. The Morgan fingerprint density at radius 2 is 2.00 bits per heavy atom. The summed E-state index contributed by atoms with van der Waals surface area (Å²) in [6.45, 7) is 1.99. The Balaban J connectivity index is 2.59. The molecule has 1 aromatic carbocycles. The molecular formula is C12H14N2O2S. The van der Waals surface area contributed by atoms with Crippen molar-refractivity contribution in [2.45, 2.75) is 6.92 Å². The third kappa shape index (κ3) is 2.19. The van der Waals surface area contributed by atoms with Gasteiger partial charge in [0.05, 0.1) is 19.9 Å². The Labute approximate surface area is 104 Å². The maximum atomic E-state index is 5.71. The van der Waals surface area contributed by atoms with E-state index < -0.39 is 0 Å². The second-order valence-electron chi connectivity index (χ2n) is 3.52. The van der Waals surface area contributed by atoms with Gasteiger partial charge in [0.2, 0.25) is 0 Å². The summed E-state index contributed by atoms with van der Waals surface area (Å²) in [5.41, 5.74) is 7.46. The second-order valence-corrected chi connectivity index (χ2v) is 4.76. The van der Waals surface area contributed by atoms with Gasteiger partial charge in [-0.3, -0.25) is 0 Å². The molecule has 17 heavy (non-hydrogen) atoms. The average molecular weight is 250 g/mol. The van der Waals surface area contributed by atoms with Crippen LogP contribution in [0.4, 0.5) is 5.13 Å². The van der Waals surface area contributed by atoms with E-state index in [0.29, 0.717) is 5.13 Å². The number of anilines is 1. The van der Waals surface area contributed by atoms with Gasteiger partial charge in [-0.15, -0.1) is 11.3 Å². The van der Waals surface area contributed by atoms with E-state index in [4.69, 9.17) is 15.2 Å². The summed E-state index contributed by atoms with van der Waals surface area (Å²) < 4.78 is 10.5. The zero-order valence-electron chi connectivity index (χ0n) is 9.98. The van der Waals surface area contributed by atoms with Crippen molar-refractivity contribution in [3.05, 3.63) is 23.1 Å². The summed E-state index contributed by atoms with van der Waals surface area (Å²) in [4.78, 5) is 5.39. The van der Waals surface area contributed by atoms with E-state index in [1.807, 2.05) is 25.1 Å². The number of hydrogen-bond acceptors (Lipinski definition) is 5. The molecule has 0 saturated carbocycles. The lowest BCUT2D eigenvalue weighted by Gasteiger charge is -2.09. The Morgan fingerprint density at radius 1 is 1.24 bits per heavy atom.